The fraction of sp³-hybridized carbons (Fsp3) is 0.600. The Hall–Kier alpha value is -2.37. The van der Waals surface area contributed by atoms with Gasteiger partial charge in [-0.3, -0.25) is 18.9 Å². The summed E-state index contributed by atoms with van der Waals surface area (Å²) >= 11 is 0. The maximum absolute atomic E-state index is 15.8. The number of fused-ring (bicyclic) bond motifs is 1. The van der Waals surface area contributed by atoms with Crippen LogP contribution in [0.2, 0.25) is 0 Å². The van der Waals surface area contributed by atoms with Crippen molar-refractivity contribution < 1.29 is 26.0 Å². The van der Waals surface area contributed by atoms with Gasteiger partial charge in [0.1, 0.15) is 17.3 Å². The Labute approximate surface area is 240 Å². The first-order valence-corrected chi connectivity index (χ1v) is 16.1. The standard InChI is InChI=1S/C30H40F4N4O2S/c1-19-11-21-12-22(36-41(39,40)17-20-5-6-20)7-8-25(21)29(38(19)18-30(2,3)34)28-26(32)13-23(14-27(28)33)35-24-15-37(16-24)10-4-9-31/h7-8,12-14,19-20,24,29,35-36H,4-6,9-11,15-18H2,1-3H3/t19-,29+/m1/s1. The predicted octanol–water partition coefficient (Wildman–Crippen LogP) is 5.66. The van der Waals surface area contributed by atoms with Gasteiger partial charge in [0.2, 0.25) is 10.0 Å². The van der Waals surface area contributed by atoms with Gasteiger partial charge in [-0.2, -0.15) is 0 Å². The molecule has 1 aliphatic carbocycles. The molecule has 2 atom stereocenters. The summed E-state index contributed by atoms with van der Waals surface area (Å²) in [5.74, 6) is -1.19. The molecule has 3 aliphatic rings. The highest BCUT2D eigenvalue weighted by Gasteiger charge is 2.40. The molecule has 2 aliphatic heterocycles. The summed E-state index contributed by atoms with van der Waals surface area (Å²) in [5.41, 5.74) is 0.351. The van der Waals surface area contributed by atoms with E-state index in [9.17, 15) is 17.2 Å². The number of halogens is 4. The van der Waals surface area contributed by atoms with Crippen LogP contribution in [-0.4, -0.2) is 74.6 Å². The first kappa shape index (κ1) is 30.1. The highest BCUT2D eigenvalue weighted by Crippen LogP contribution is 2.42. The second-order valence-corrected chi connectivity index (χ2v) is 14.4. The fourth-order valence-electron chi connectivity index (χ4n) is 6.09. The van der Waals surface area contributed by atoms with Gasteiger partial charge in [0.15, 0.2) is 0 Å². The van der Waals surface area contributed by atoms with Gasteiger partial charge in [0.25, 0.3) is 0 Å². The highest BCUT2D eigenvalue weighted by molar-refractivity contribution is 7.92. The van der Waals surface area contributed by atoms with Gasteiger partial charge in [-0.1, -0.05) is 6.07 Å². The van der Waals surface area contributed by atoms with Gasteiger partial charge < -0.3 is 5.32 Å². The van der Waals surface area contributed by atoms with Gasteiger partial charge >= 0.3 is 0 Å². The summed E-state index contributed by atoms with van der Waals surface area (Å²) in [6, 6.07) is 6.46. The molecule has 226 valence electrons. The number of hydrogen-bond donors (Lipinski definition) is 2. The quantitative estimate of drug-likeness (QED) is 0.310. The van der Waals surface area contributed by atoms with Gasteiger partial charge in [0.05, 0.1) is 24.5 Å². The average Bonchev–Trinajstić information content (AvgIpc) is 3.64. The van der Waals surface area contributed by atoms with Crippen LogP contribution in [0.5, 0.6) is 0 Å². The normalized spacial score (nSPS) is 22.3. The summed E-state index contributed by atoms with van der Waals surface area (Å²) in [6.07, 6.45) is 2.77. The molecule has 1 saturated carbocycles. The number of sulfonamides is 1. The third kappa shape index (κ3) is 7.35. The molecule has 41 heavy (non-hydrogen) atoms. The van der Waals surface area contributed by atoms with Crippen LogP contribution in [0, 0.1) is 17.6 Å². The van der Waals surface area contributed by atoms with Crippen LogP contribution >= 0.6 is 0 Å². The van der Waals surface area contributed by atoms with Crippen LogP contribution in [-0.2, 0) is 16.4 Å². The highest BCUT2D eigenvalue weighted by atomic mass is 32.2. The zero-order valence-corrected chi connectivity index (χ0v) is 24.7. The molecule has 0 spiro atoms. The summed E-state index contributed by atoms with van der Waals surface area (Å²) in [7, 11) is -3.50. The lowest BCUT2D eigenvalue weighted by molar-refractivity contribution is 0.0653. The summed E-state index contributed by atoms with van der Waals surface area (Å²) in [5, 5.41) is 3.17. The van der Waals surface area contributed by atoms with Crippen molar-refractivity contribution in [2.45, 2.75) is 70.2 Å². The number of anilines is 2. The molecule has 2 aromatic rings. The Morgan fingerprint density at radius 3 is 2.34 bits per heavy atom. The van der Waals surface area contributed by atoms with Crippen molar-refractivity contribution in [2.24, 2.45) is 5.92 Å². The van der Waals surface area contributed by atoms with E-state index in [1.165, 1.54) is 26.0 Å². The molecule has 0 unspecified atom stereocenters. The molecule has 2 heterocycles. The number of nitrogens with zero attached hydrogens (tertiary/aromatic N) is 2. The topological polar surface area (TPSA) is 64.7 Å². The zero-order chi connectivity index (χ0) is 29.5. The lowest BCUT2D eigenvalue weighted by atomic mass is 9.83. The van der Waals surface area contributed by atoms with Crippen LogP contribution in [0.3, 0.4) is 0 Å². The van der Waals surface area contributed by atoms with E-state index < -0.39 is 33.4 Å². The molecule has 2 aromatic carbocycles. The summed E-state index contributed by atoms with van der Waals surface area (Å²) in [6.45, 7) is 6.36. The van der Waals surface area contributed by atoms with E-state index in [1.54, 1.807) is 23.1 Å². The molecule has 5 rings (SSSR count). The molecule has 2 N–H and O–H groups in total. The molecule has 0 amide bonds. The fourth-order valence-corrected chi connectivity index (χ4v) is 7.62. The van der Waals surface area contributed by atoms with Gasteiger partial charge in [0, 0.05) is 49.2 Å². The predicted molar refractivity (Wildman–Crippen MR) is 154 cm³/mol. The van der Waals surface area contributed by atoms with Crippen LogP contribution in [0.4, 0.5) is 28.9 Å². The minimum Gasteiger partial charge on any atom is -0.380 e. The molecule has 11 heteroatoms. The SMILES string of the molecule is C[C@@H]1Cc2cc(NS(=O)(=O)CC3CC3)ccc2[C@@H](c2c(F)cc(NC3CN(CCCF)C3)cc2F)N1CC(C)(C)F. The van der Waals surface area contributed by atoms with Gasteiger partial charge in [-0.25, -0.2) is 21.6 Å². The number of nitrogens with one attached hydrogen (secondary N) is 2. The third-order valence-corrected chi connectivity index (χ3v) is 9.58. The van der Waals surface area contributed by atoms with Crippen molar-refractivity contribution in [1.82, 2.24) is 9.80 Å². The maximum atomic E-state index is 15.8. The molecule has 2 fully saturated rings. The third-order valence-electron chi connectivity index (χ3n) is 8.12. The van der Waals surface area contributed by atoms with E-state index in [2.05, 4.69) is 14.9 Å². The summed E-state index contributed by atoms with van der Waals surface area (Å²) < 4.78 is 86.9. The molecule has 6 nitrogen and oxygen atoms in total. The Kier molecular flexibility index (Phi) is 8.61. The minimum atomic E-state index is -3.50. The van der Waals surface area contributed by atoms with Crippen molar-refractivity contribution in [1.29, 1.82) is 0 Å². The molecule has 0 bridgehead atoms. The number of alkyl halides is 2. The van der Waals surface area contributed by atoms with E-state index in [-0.39, 0.29) is 42.5 Å². The van der Waals surface area contributed by atoms with E-state index in [1.807, 2.05) is 6.92 Å². The van der Waals surface area contributed by atoms with Gasteiger partial charge in [-0.15, -0.1) is 0 Å². The first-order chi connectivity index (χ1) is 19.3. The molecule has 0 radical (unpaired) electrons. The van der Waals surface area contributed by atoms with E-state index in [0.29, 0.717) is 49.4 Å². The Morgan fingerprint density at radius 1 is 1.05 bits per heavy atom. The van der Waals surface area contributed by atoms with E-state index in [0.717, 1.165) is 18.4 Å². The number of benzene rings is 2. The largest absolute Gasteiger partial charge is 0.380 e. The average molecular weight is 597 g/mol. The monoisotopic (exact) mass is 596 g/mol. The van der Waals surface area contributed by atoms with Gasteiger partial charge in [-0.05, 0) is 87.8 Å². The lowest BCUT2D eigenvalue weighted by Gasteiger charge is -2.44. The van der Waals surface area contributed by atoms with Crippen LogP contribution < -0.4 is 10.0 Å². The molecule has 1 saturated heterocycles. The van der Waals surface area contributed by atoms with Crippen molar-refractivity contribution >= 4 is 21.4 Å². The first-order valence-electron chi connectivity index (χ1n) is 14.4. The number of rotatable bonds is 12. The van der Waals surface area contributed by atoms with Crippen LogP contribution in [0.1, 0.15) is 62.8 Å². The smallest absolute Gasteiger partial charge is 0.232 e. The molecular formula is C30H40F4N4O2S. The second kappa shape index (κ2) is 11.7. The lowest BCUT2D eigenvalue weighted by Crippen LogP contribution is -2.54. The van der Waals surface area contributed by atoms with Crippen molar-refractivity contribution in [3.8, 4) is 0 Å². The summed E-state index contributed by atoms with van der Waals surface area (Å²) in [4.78, 5) is 3.87. The second-order valence-electron chi connectivity index (χ2n) is 12.6. The zero-order valence-electron chi connectivity index (χ0n) is 23.9. The van der Waals surface area contributed by atoms with Crippen molar-refractivity contribution in [3.63, 3.8) is 0 Å². The molecule has 0 aromatic heterocycles. The minimum absolute atomic E-state index is 0.0145. The number of hydrogen-bond acceptors (Lipinski definition) is 5. The van der Waals surface area contributed by atoms with E-state index >= 15 is 8.78 Å². The Morgan fingerprint density at radius 2 is 1.73 bits per heavy atom. The van der Waals surface area contributed by atoms with Crippen molar-refractivity contribution in [2.75, 3.05) is 48.6 Å². The Bertz CT molecular complexity index is 1330. The van der Waals surface area contributed by atoms with Crippen LogP contribution in [0.15, 0.2) is 30.3 Å². The maximum Gasteiger partial charge on any atom is 0.232 e. The van der Waals surface area contributed by atoms with E-state index in [4.69, 9.17) is 0 Å². The Balaban J connectivity index is 1.43. The number of likely N-dealkylation sites (tertiary alicyclic amines) is 1. The van der Waals surface area contributed by atoms with Crippen LogP contribution in [0.25, 0.3) is 0 Å². The molecular weight excluding hydrogens is 556 g/mol. The van der Waals surface area contributed by atoms with Crippen molar-refractivity contribution in [3.05, 3.63) is 58.7 Å².